The molecule has 0 aliphatic carbocycles. The number of rotatable bonds is 0. The summed E-state index contributed by atoms with van der Waals surface area (Å²) in [5.74, 6) is 0.318. The van der Waals surface area contributed by atoms with E-state index in [9.17, 15) is 5.11 Å². The number of benzene rings is 2. The van der Waals surface area contributed by atoms with E-state index in [2.05, 4.69) is 6.92 Å². The van der Waals surface area contributed by atoms with Gasteiger partial charge in [-0.1, -0.05) is 30.3 Å². The smallest absolute Gasteiger partial charge is 0.123 e. The molecule has 12 heavy (non-hydrogen) atoms. The average molecular weight is 157 g/mol. The first-order valence-corrected chi connectivity index (χ1v) is 3.82. The van der Waals surface area contributed by atoms with E-state index in [-0.39, 0.29) is 0 Å². The topological polar surface area (TPSA) is 20.2 Å². The van der Waals surface area contributed by atoms with Gasteiger partial charge in [0.05, 0.1) is 0 Å². The second kappa shape index (κ2) is 2.52. The number of phenols is 1. The molecule has 0 spiro atoms. The molecule has 0 aliphatic rings. The highest BCUT2D eigenvalue weighted by molar-refractivity contribution is 5.91. The number of aromatic hydroxyl groups is 1. The average Bonchev–Trinajstić information content (AvgIpc) is 2.12. The summed E-state index contributed by atoms with van der Waals surface area (Å²) in [6, 6.07) is 11.2. The molecule has 2 aromatic carbocycles. The summed E-state index contributed by atoms with van der Waals surface area (Å²) in [7, 11) is 0. The molecule has 0 atom stereocenters. The van der Waals surface area contributed by atoms with Gasteiger partial charge >= 0.3 is 0 Å². The van der Waals surface area contributed by atoms with Crippen LogP contribution in [0.5, 0.6) is 5.75 Å². The van der Waals surface area contributed by atoms with Crippen molar-refractivity contribution >= 4 is 10.8 Å². The van der Waals surface area contributed by atoms with E-state index in [1.807, 2.05) is 30.3 Å². The molecule has 0 saturated carbocycles. The third kappa shape index (κ3) is 0.944. The largest absolute Gasteiger partial charge is 0.507 e. The van der Waals surface area contributed by atoms with Gasteiger partial charge in [-0.05, 0) is 23.9 Å². The van der Waals surface area contributed by atoms with Gasteiger partial charge in [0.25, 0.3) is 0 Å². The fraction of sp³-hybridized carbons (Fsp3) is 0. The van der Waals surface area contributed by atoms with Crippen molar-refractivity contribution in [2.24, 2.45) is 0 Å². The van der Waals surface area contributed by atoms with Gasteiger partial charge < -0.3 is 5.11 Å². The lowest BCUT2D eigenvalue weighted by Gasteiger charge is -2.02. The van der Waals surface area contributed by atoms with Crippen molar-refractivity contribution in [3.05, 3.63) is 48.9 Å². The maximum absolute atomic E-state index is 9.47. The van der Waals surface area contributed by atoms with E-state index in [0.29, 0.717) is 5.75 Å². The summed E-state index contributed by atoms with van der Waals surface area (Å²) in [5.41, 5.74) is 0.948. The first-order valence-electron chi connectivity index (χ1n) is 3.82. The Morgan fingerprint density at radius 3 is 2.25 bits per heavy atom. The maximum Gasteiger partial charge on any atom is 0.123 e. The SMILES string of the molecule is [CH2]c1ccc(O)c2ccccc12. The van der Waals surface area contributed by atoms with Gasteiger partial charge in [0, 0.05) is 5.39 Å². The molecule has 0 saturated heterocycles. The molecule has 2 aromatic rings. The zero-order valence-corrected chi connectivity index (χ0v) is 6.62. The fourth-order valence-corrected chi connectivity index (χ4v) is 1.35. The highest BCUT2D eigenvalue weighted by atomic mass is 16.3. The normalized spacial score (nSPS) is 10.4. The van der Waals surface area contributed by atoms with Gasteiger partial charge in [-0.15, -0.1) is 0 Å². The van der Waals surface area contributed by atoms with E-state index in [4.69, 9.17) is 0 Å². The fourth-order valence-electron chi connectivity index (χ4n) is 1.35. The Morgan fingerprint density at radius 2 is 1.58 bits per heavy atom. The van der Waals surface area contributed by atoms with Crippen LogP contribution < -0.4 is 0 Å². The van der Waals surface area contributed by atoms with E-state index in [0.717, 1.165) is 16.3 Å². The Morgan fingerprint density at radius 1 is 0.917 bits per heavy atom. The van der Waals surface area contributed by atoms with E-state index >= 15 is 0 Å². The van der Waals surface area contributed by atoms with Crippen molar-refractivity contribution in [1.29, 1.82) is 0 Å². The summed E-state index contributed by atoms with van der Waals surface area (Å²) in [4.78, 5) is 0. The van der Waals surface area contributed by atoms with Crippen LogP contribution in [-0.2, 0) is 0 Å². The Bertz CT molecular complexity index is 378. The third-order valence-electron chi connectivity index (χ3n) is 1.99. The Balaban J connectivity index is 2.95. The number of hydrogen-bond acceptors (Lipinski definition) is 1. The highest BCUT2D eigenvalue weighted by Gasteiger charge is 1.99. The van der Waals surface area contributed by atoms with Crippen molar-refractivity contribution < 1.29 is 5.11 Å². The molecule has 0 bridgehead atoms. The molecule has 2 rings (SSSR count). The van der Waals surface area contributed by atoms with Crippen molar-refractivity contribution in [2.75, 3.05) is 0 Å². The minimum Gasteiger partial charge on any atom is -0.507 e. The third-order valence-corrected chi connectivity index (χ3v) is 1.99. The van der Waals surface area contributed by atoms with E-state index in [1.54, 1.807) is 6.07 Å². The van der Waals surface area contributed by atoms with Crippen molar-refractivity contribution in [3.8, 4) is 5.75 Å². The van der Waals surface area contributed by atoms with Crippen LogP contribution in [0.3, 0.4) is 0 Å². The van der Waals surface area contributed by atoms with Gasteiger partial charge in [-0.2, -0.15) is 0 Å². The second-order valence-electron chi connectivity index (χ2n) is 2.79. The molecule has 0 fully saturated rings. The standard InChI is InChI=1S/C11H9O/c1-8-6-7-11(12)10-5-3-2-4-9(8)10/h2-7,12H,1H2. The first kappa shape index (κ1) is 7.17. The molecular formula is C11H9O. The van der Waals surface area contributed by atoms with Crippen molar-refractivity contribution in [3.63, 3.8) is 0 Å². The molecule has 0 unspecified atom stereocenters. The number of phenolic OH excluding ortho intramolecular Hbond substituents is 1. The first-order chi connectivity index (χ1) is 5.79. The zero-order valence-electron chi connectivity index (χ0n) is 6.62. The van der Waals surface area contributed by atoms with E-state index in [1.165, 1.54) is 0 Å². The molecule has 1 radical (unpaired) electrons. The van der Waals surface area contributed by atoms with Crippen molar-refractivity contribution in [2.45, 2.75) is 0 Å². The van der Waals surface area contributed by atoms with Crippen LogP contribution in [0, 0.1) is 6.92 Å². The second-order valence-corrected chi connectivity index (χ2v) is 2.79. The predicted octanol–water partition coefficient (Wildman–Crippen LogP) is 2.73. The molecule has 0 aliphatic heterocycles. The van der Waals surface area contributed by atoms with E-state index < -0.39 is 0 Å². The lowest BCUT2D eigenvalue weighted by atomic mass is 10.1. The summed E-state index contributed by atoms with van der Waals surface area (Å²) >= 11 is 0. The van der Waals surface area contributed by atoms with Gasteiger partial charge in [0.1, 0.15) is 5.75 Å². The maximum atomic E-state index is 9.47. The van der Waals surface area contributed by atoms with Crippen LogP contribution in [0.15, 0.2) is 36.4 Å². The lowest BCUT2D eigenvalue weighted by molar-refractivity contribution is 0.481. The van der Waals surface area contributed by atoms with Gasteiger partial charge in [0.2, 0.25) is 0 Å². The Kier molecular flexibility index (Phi) is 1.51. The molecule has 1 heteroatoms. The minimum atomic E-state index is 0.318. The lowest BCUT2D eigenvalue weighted by Crippen LogP contribution is -1.77. The molecule has 0 heterocycles. The molecule has 0 amide bonds. The highest BCUT2D eigenvalue weighted by Crippen LogP contribution is 2.26. The predicted molar refractivity (Wildman–Crippen MR) is 50.1 cm³/mol. The van der Waals surface area contributed by atoms with Crippen LogP contribution in [0.4, 0.5) is 0 Å². The number of hydrogen-bond donors (Lipinski definition) is 1. The molecule has 0 aromatic heterocycles. The Hall–Kier alpha value is -1.50. The van der Waals surface area contributed by atoms with Crippen LogP contribution >= 0.6 is 0 Å². The van der Waals surface area contributed by atoms with Crippen LogP contribution in [0.25, 0.3) is 10.8 Å². The monoisotopic (exact) mass is 157 g/mol. The summed E-state index contributed by atoms with van der Waals surface area (Å²) in [5, 5.41) is 11.3. The van der Waals surface area contributed by atoms with Crippen molar-refractivity contribution in [1.82, 2.24) is 0 Å². The molecular weight excluding hydrogens is 148 g/mol. The quantitative estimate of drug-likeness (QED) is 0.623. The van der Waals surface area contributed by atoms with Gasteiger partial charge in [-0.3, -0.25) is 0 Å². The molecule has 1 nitrogen and oxygen atoms in total. The summed E-state index contributed by atoms with van der Waals surface area (Å²) in [6.45, 7) is 3.88. The minimum absolute atomic E-state index is 0.318. The molecule has 1 N–H and O–H groups in total. The summed E-state index contributed by atoms with van der Waals surface area (Å²) in [6.07, 6.45) is 0. The summed E-state index contributed by atoms with van der Waals surface area (Å²) < 4.78 is 0. The van der Waals surface area contributed by atoms with Gasteiger partial charge in [0.15, 0.2) is 0 Å². The van der Waals surface area contributed by atoms with Crippen LogP contribution in [0.2, 0.25) is 0 Å². The van der Waals surface area contributed by atoms with Crippen LogP contribution in [0.1, 0.15) is 5.56 Å². The number of fused-ring (bicyclic) bond motifs is 1. The van der Waals surface area contributed by atoms with Gasteiger partial charge in [-0.25, -0.2) is 0 Å². The van der Waals surface area contributed by atoms with Crippen LogP contribution in [-0.4, -0.2) is 5.11 Å². The zero-order chi connectivity index (χ0) is 8.55. The molecule has 59 valence electrons. The Labute approximate surface area is 71.3 Å².